The number of halogens is 3. The first-order valence-electron chi connectivity index (χ1n) is 12.9. The molecule has 14 heteroatoms. The van der Waals surface area contributed by atoms with Crippen molar-refractivity contribution in [1.82, 2.24) is 15.3 Å². The number of carboxylic acid groups (broad SMARTS) is 1. The third-order valence-electron chi connectivity index (χ3n) is 6.30. The Balaban J connectivity index is 0.000000676. The molecule has 0 bridgehead atoms. The van der Waals surface area contributed by atoms with Gasteiger partial charge in [0.15, 0.2) is 34.6 Å². The summed E-state index contributed by atoms with van der Waals surface area (Å²) < 4.78 is 53.2. The number of nitrogens with one attached hydrogen (secondary N) is 2. The van der Waals surface area contributed by atoms with Crippen molar-refractivity contribution in [1.29, 1.82) is 0 Å². The smallest absolute Gasteiger partial charge is 0.490 e. The van der Waals surface area contributed by atoms with Gasteiger partial charge in [-0.3, -0.25) is 9.59 Å². The molecular formula is C30H30F3N3O8. The van der Waals surface area contributed by atoms with E-state index in [4.69, 9.17) is 28.8 Å². The number of hydrogen-bond acceptors (Lipinski definition) is 8. The molecule has 1 amide bonds. The fourth-order valence-electron chi connectivity index (χ4n) is 4.28. The third-order valence-corrected chi connectivity index (χ3v) is 6.30. The zero-order chi connectivity index (χ0) is 32.4. The number of carbonyl (C=O) groups excluding carboxylic acids is 2. The van der Waals surface area contributed by atoms with Crippen LogP contribution in [0.1, 0.15) is 34.6 Å². The normalized spacial score (nSPS) is 16.5. The molecule has 3 N–H and O–H groups in total. The number of amides is 1. The minimum absolute atomic E-state index is 0.0898. The number of aromatic amines is 1. The van der Waals surface area contributed by atoms with Gasteiger partial charge in [0, 0.05) is 29.6 Å². The number of rotatable bonds is 8. The van der Waals surface area contributed by atoms with Crippen LogP contribution in [0, 0.1) is 0 Å². The van der Waals surface area contributed by atoms with Crippen molar-refractivity contribution < 1.29 is 51.6 Å². The zero-order valence-corrected chi connectivity index (χ0v) is 24.2. The lowest BCUT2D eigenvalue weighted by Gasteiger charge is -2.26. The zero-order valence-electron chi connectivity index (χ0n) is 24.2. The number of carbonyl (C=O) groups is 3. The molecule has 44 heavy (non-hydrogen) atoms. The van der Waals surface area contributed by atoms with E-state index in [2.05, 4.69) is 15.3 Å². The van der Waals surface area contributed by atoms with Gasteiger partial charge in [0.1, 0.15) is 0 Å². The van der Waals surface area contributed by atoms with Crippen molar-refractivity contribution in [3.8, 4) is 23.0 Å². The first-order valence-corrected chi connectivity index (χ1v) is 12.9. The van der Waals surface area contributed by atoms with Gasteiger partial charge in [0.05, 0.1) is 28.4 Å². The molecule has 1 aliphatic rings. The van der Waals surface area contributed by atoms with Gasteiger partial charge >= 0.3 is 12.1 Å². The Morgan fingerprint density at radius 3 is 1.70 bits per heavy atom. The summed E-state index contributed by atoms with van der Waals surface area (Å²) in [6, 6.07) is 10.6. The highest BCUT2D eigenvalue weighted by molar-refractivity contribution is 6.14. The Morgan fingerprint density at radius 2 is 1.34 bits per heavy atom. The number of aromatic nitrogens is 2. The van der Waals surface area contributed by atoms with E-state index < -0.39 is 12.1 Å². The Kier molecular flexibility index (Phi) is 11.1. The molecule has 1 saturated carbocycles. The maximum atomic E-state index is 13.6. The second-order valence-electron chi connectivity index (χ2n) is 9.22. The molecule has 2 aromatic carbocycles. The lowest BCUT2D eigenvalue weighted by molar-refractivity contribution is -0.192. The predicted molar refractivity (Wildman–Crippen MR) is 153 cm³/mol. The summed E-state index contributed by atoms with van der Waals surface area (Å²) in [5.74, 6) is -0.657. The number of H-pyrrole nitrogens is 1. The van der Waals surface area contributed by atoms with Crippen LogP contribution >= 0.6 is 0 Å². The van der Waals surface area contributed by atoms with E-state index in [9.17, 15) is 22.8 Å². The van der Waals surface area contributed by atoms with Crippen LogP contribution in [-0.2, 0) is 9.59 Å². The summed E-state index contributed by atoms with van der Waals surface area (Å²) in [5.41, 5.74) is 2.69. The Bertz CT molecular complexity index is 1470. The van der Waals surface area contributed by atoms with Gasteiger partial charge in [-0.25, -0.2) is 9.78 Å². The number of ketones is 1. The maximum Gasteiger partial charge on any atom is 0.490 e. The summed E-state index contributed by atoms with van der Waals surface area (Å²) in [6.07, 6.45) is 2.38. The van der Waals surface area contributed by atoms with E-state index in [1.54, 1.807) is 46.8 Å². The number of aliphatic carboxylic acids is 1. The molecular weight excluding hydrogens is 587 g/mol. The highest BCUT2D eigenvalue weighted by atomic mass is 19.4. The first-order chi connectivity index (χ1) is 20.9. The predicted octanol–water partition coefficient (Wildman–Crippen LogP) is 4.71. The fourth-order valence-corrected chi connectivity index (χ4v) is 4.28. The van der Waals surface area contributed by atoms with Crippen LogP contribution in [0.15, 0.2) is 59.9 Å². The Hall–Kier alpha value is -5.27. The summed E-state index contributed by atoms with van der Waals surface area (Å²) in [5, 5.41) is 10.1. The van der Waals surface area contributed by atoms with Crippen molar-refractivity contribution in [2.75, 3.05) is 28.4 Å². The van der Waals surface area contributed by atoms with Crippen molar-refractivity contribution in [2.45, 2.75) is 25.1 Å². The lowest BCUT2D eigenvalue weighted by atomic mass is 9.83. The molecule has 0 atom stereocenters. The first kappa shape index (κ1) is 33.2. The van der Waals surface area contributed by atoms with Gasteiger partial charge in [-0.05, 0) is 60.4 Å². The molecule has 0 aliphatic heterocycles. The molecule has 1 aliphatic carbocycles. The molecule has 0 spiro atoms. The van der Waals surface area contributed by atoms with Crippen molar-refractivity contribution >= 4 is 29.8 Å². The van der Waals surface area contributed by atoms with E-state index in [1.807, 2.05) is 36.4 Å². The highest BCUT2D eigenvalue weighted by Gasteiger charge is 2.38. The minimum Gasteiger partial charge on any atom is -0.493 e. The average Bonchev–Trinajstić information content (AvgIpc) is 3.54. The number of hydrogen-bond donors (Lipinski definition) is 3. The standard InChI is InChI=1S/C28H29N3O6.C2HF3O2/c1-34-22-7-5-17(13-24(22)36-3)11-19-15-21(31-28(33)27-29-9-10-30-27)16-20(26(19)32)12-18-6-8-23(35-2)25(14-18)37-4;3-2(4,5)1(6)7/h5-14,21H,15-16H2,1-4H3,(H,29,30)(H,31,33);(H,6,7)/b19-11+,20-12+;. The van der Waals surface area contributed by atoms with Gasteiger partial charge in [-0.2, -0.15) is 13.2 Å². The summed E-state index contributed by atoms with van der Waals surface area (Å²) in [6.45, 7) is 0. The molecule has 0 unspecified atom stereocenters. The number of ether oxygens (including phenoxy) is 4. The van der Waals surface area contributed by atoms with E-state index in [-0.39, 0.29) is 23.6 Å². The molecule has 11 nitrogen and oxygen atoms in total. The molecule has 234 valence electrons. The van der Waals surface area contributed by atoms with Crippen molar-refractivity contribution in [3.05, 3.63) is 76.9 Å². The number of Topliss-reactive ketones (excluding diaryl/α,β-unsaturated/α-hetero) is 1. The quantitative estimate of drug-likeness (QED) is 0.306. The monoisotopic (exact) mass is 617 g/mol. The number of imidazole rings is 1. The van der Waals surface area contributed by atoms with Gasteiger partial charge < -0.3 is 34.4 Å². The van der Waals surface area contributed by atoms with Crippen LogP contribution in [0.25, 0.3) is 12.2 Å². The van der Waals surface area contributed by atoms with Crippen LogP contribution in [-0.4, -0.2) is 73.4 Å². The van der Waals surface area contributed by atoms with E-state index >= 15 is 0 Å². The summed E-state index contributed by atoms with van der Waals surface area (Å²) >= 11 is 0. The number of benzene rings is 2. The van der Waals surface area contributed by atoms with Crippen LogP contribution in [0.4, 0.5) is 13.2 Å². The van der Waals surface area contributed by atoms with Gasteiger partial charge in [0.25, 0.3) is 5.91 Å². The van der Waals surface area contributed by atoms with E-state index in [1.165, 1.54) is 6.20 Å². The topological polar surface area (TPSA) is 149 Å². The summed E-state index contributed by atoms with van der Waals surface area (Å²) in [7, 11) is 6.26. The third kappa shape index (κ3) is 8.63. The summed E-state index contributed by atoms with van der Waals surface area (Å²) in [4.78, 5) is 42.0. The maximum absolute atomic E-state index is 13.6. The second kappa shape index (κ2) is 14.8. The van der Waals surface area contributed by atoms with Crippen molar-refractivity contribution in [3.63, 3.8) is 0 Å². The van der Waals surface area contributed by atoms with Crippen LogP contribution in [0.3, 0.4) is 0 Å². The second-order valence-corrected chi connectivity index (χ2v) is 9.22. The largest absolute Gasteiger partial charge is 0.493 e. The molecule has 1 heterocycles. The van der Waals surface area contributed by atoms with Gasteiger partial charge in [-0.1, -0.05) is 12.1 Å². The minimum atomic E-state index is -5.08. The number of alkyl halides is 3. The van der Waals surface area contributed by atoms with E-state index in [0.717, 1.165) is 11.1 Å². The molecule has 0 saturated heterocycles. The molecule has 0 radical (unpaired) electrons. The molecule has 1 aromatic heterocycles. The number of carboxylic acids is 1. The van der Waals surface area contributed by atoms with Crippen LogP contribution in [0.5, 0.6) is 23.0 Å². The Labute approximate surface area is 250 Å². The molecule has 1 fully saturated rings. The fraction of sp³-hybridized carbons (Fsp3) is 0.267. The Morgan fingerprint density at radius 1 is 0.886 bits per heavy atom. The van der Waals surface area contributed by atoms with Gasteiger partial charge in [0.2, 0.25) is 0 Å². The lowest BCUT2D eigenvalue weighted by Crippen LogP contribution is -2.39. The molecule has 4 rings (SSSR count). The SMILES string of the molecule is COc1ccc(/C=C2\CC(NC(=O)c3ncc[nH]3)C/C(=C\c3ccc(OC)c(OC)c3)C2=O)cc1OC.O=C(O)C(F)(F)F. The van der Waals surface area contributed by atoms with Crippen LogP contribution < -0.4 is 24.3 Å². The highest BCUT2D eigenvalue weighted by Crippen LogP contribution is 2.33. The van der Waals surface area contributed by atoms with E-state index in [0.29, 0.717) is 47.0 Å². The van der Waals surface area contributed by atoms with Crippen LogP contribution in [0.2, 0.25) is 0 Å². The average molecular weight is 618 g/mol. The number of nitrogens with zero attached hydrogens (tertiary/aromatic N) is 1. The van der Waals surface area contributed by atoms with Crippen molar-refractivity contribution in [2.24, 2.45) is 0 Å². The van der Waals surface area contributed by atoms with Gasteiger partial charge in [-0.15, -0.1) is 0 Å². The molecule has 3 aromatic rings. The number of methoxy groups -OCH3 is 4.